The van der Waals surface area contributed by atoms with Gasteiger partial charge in [0.15, 0.2) is 0 Å². The number of pyridine rings is 1. The summed E-state index contributed by atoms with van der Waals surface area (Å²) in [5, 5.41) is 0. The van der Waals surface area contributed by atoms with Gasteiger partial charge in [-0.15, -0.1) is 0 Å². The summed E-state index contributed by atoms with van der Waals surface area (Å²) in [5.74, 6) is -0.237. The van der Waals surface area contributed by atoms with E-state index in [0.29, 0.717) is 13.1 Å². The number of hydrogen-bond acceptors (Lipinski definition) is 3. The maximum absolute atomic E-state index is 13.1. The fourth-order valence-electron chi connectivity index (χ4n) is 1.83. The highest BCUT2D eigenvalue weighted by Gasteiger charge is 2.07. The molecule has 1 aromatic heterocycles. The standard InChI is InChI=1S/C14H16FN3/c1-18(13-6-2-5-12(15)8-13)10-14-11(9-16)4-3-7-17-14/h2-8H,9-10,16H2,1H3. The Kier molecular flexibility index (Phi) is 3.89. The van der Waals surface area contributed by atoms with Crippen molar-refractivity contribution in [3.05, 3.63) is 59.7 Å². The van der Waals surface area contributed by atoms with Gasteiger partial charge in [0.2, 0.25) is 0 Å². The summed E-state index contributed by atoms with van der Waals surface area (Å²) in [7, 11) is 1.91. The van der Waals surface area contributed by atoms with Gasteiger partial charge in [-0.25, -0.2) is 4.39 Å². The van der Waals surface area contributed by atoms with Crippen molar-refractivity contribution < 1.29 is 4.39 Å². The molecule has 0 bridgehead atoms. The van der Waals surface area contributed by atoms with Gasteiger partial charge in [0, 0.05) is 25.5 Å². The Bertz CT molecular complexity index is 528. The van der Waals surface area contributed by atoms with Crippen molar-refractivity contribution >= 4 is 5.69 Å². The smallest absolute Gasteiger partial charge is 0.125 e. The predicted octanol–water partition coefficient (Wildman–Crippen LogP) is 2.32. The summed E-state index contributed by atoms with van der Waals surface area (Å²) >= 11 is 0. The first-order valence-corrected chi connectivity index (χ1v) is 5.80. The van der Waals surface area contributed by atoms with Crippen LogP contribution in [0.25, 0.3) is 0 Å². The molecule has 2 aromatic rings. The van der Waals surface area contributed by atoms with Gasteiger partial charge in [-0.1, -0.05) is 12.1 Å². The Morgan fingerprint density at radius 3 is 2.83 bits per heavy atom. The number of halogens is 1. The van der Waals surface area contributed by atoms with Crippen LogP contribution in [0.2, 0.25) is 0 Å². The lowest BCUT2D eigenvalue weighted by Gasteiger charge is -2.20. The third-order valence-corrected chi connectivity index (χ3v) is 2.84. The van der Waals surface area contributed by atoms with Crippen molar-refractivity contribution in [2.75, 3.05) is 11.9 Å². The number of rotatable bonds is 4. The number of aromatic nitrogens is 1. The van der Waals surface area contributed by atoms with Crippen LogP contribution in [-0.2, 0) is 13.1 Å². The molecule has 0 aliphatic heterocycles. The molecule has 0 spiro atoms. The van der Waals surface area contributed by atoms with E-state index in [0.717, 1.165) is 16.9 Å². The van der Waals surface area contributed by atoms with Gasteiger partial charge in [0.05, 0.1) is 12.2 Å². The van der Waals surface area contributed by atoms with E-state index in [9.17, 15) is 4.39 Å². The minimum atomic E-state index is -0.237. The molecule has 2 rings (SSSR count). The van der Waals surface area contributed by atoms with E-state index < -0.39 is 0 Å². The molecule has 3 nitrogen and oxygen atoms in total. The molecule has 1 heterocycles. The predicted molar refractivity (Wildman–Crippen MR) is 70.6 cm³/mol. The zero-order valence-corrected chi connectivity index (χ0v) is 10.3. The molecule has 1 aromatic carbocycles. The van der Waals surface area contributed by atoms with Crippen LogP contribution in [0.3, 0.4) is 0 Å². The van der Waals surface area contributed by atoms with E-state index in [2.05, 4.69) is 4.98 Å². The maximum Gasteiger partial charge on any atom is 0.125 e. The van der Waals surface area contributed by atoms with E-state index >= 15 is 0 Å². The molecule has 0 atom stereocenters. The van der Waals surface area contributed by atoms with E-state index in [1.807, 2.05) is 30.1 Å². The number of hydrogen-bond donors (Lipinski definition) is 1. The second-order valence-electron chi connectivity index (χ2n) is 4.15. The number of nitrogens with zero attached hydrogens (tertiary/aromatic N) is 2. The largest absolute Gasteiger partial charge is 0.369 e. The summed E-state index contributed by atoms with van der Waals surface area (Å²) in [6, 6.07) is 10.3. The van der Waals surface area contributed by atoms with Crippen LogP contribution in [0, 0.1) is 5.82 Å². The van der Waals surface area contributed by atoms with E-state index in [-0.39, 0.29) is 5.82 Å². The Hall–Kier alpha value is -1.94. The van der Waals surface area contributed by atoms with Crippen LogP contribution in [0.15, 0.2) is 42.6 Å². The van der Waals surface area contributed by atoms with Crippen LogP contribution in [-0.4, -0.2) is 12.0 Å². The molecular formula is C14H16FN3. The average molecular weight is 245 g/mol. The van der Waals surface area contributed by atoms with Gasteiger partial charge >= 0.3 is 0 Å². The van der Waals surface area contributed by atoms with E-state index in [4.69, 9.17) is 5.73 Å². The normalized spacial score (nSPS) is 10.4. The minimum Gasteiger partial charge on any atom is -0.369 e. The highest BCUT2D eigenvalue weighted by Crippen LogP contribution is 2.17. The fourth-order valence-corrected chi connectivity index (χ4v) is 1.83. The summed E-state index contributed by atoms with van der Waals surface area (Å²) in [6.07, 6.45) is 1.74. The molecule has 18 heavy (non-hydrogen) atoms. The van der Waals surface area contributed by atoms with Crippen LogP contribution < -0.4 is 10.6 Å². The van der Waals surface area contributed by atoms with Crippen molar-refractivity contribution in [3.8, 4) is 0 Å². The monoisotopic (exact) mass is 245 g/mol. The number of benzene rings is 1. The van der Waals surface area contributed by atoms with Gasteiger partial charge in [0.1, 0.15) is 5.82 Å². The summed E-state index contributed by atoms with van der Waals surface area (Å²) < 4.78 is 13.1. The van der Waals surface area contributed by atoms with Crippen molar-refractivity contribution in [3.63, 3.8) is 0 Å². The lowest BCUT2D eigenvalue weighted by Crippen LogP contribution is -2.19. The lowest BCUT2D eigenvalue weighted by atomic mass is 10.2. The molecule has 2 N–H and O–H groups in total. The van der Waals surface area contributed by atoms with Crippen molar-refractivity contribution in [2.45, 2.75) is 13.1 Å². The molecule has 0 aliphatic rings. The first-order valence-electron chi connectivity index (χ1n) is 5.80. The molecule has 0 radical (unpaired) electrons. The first kappa shape index (κ1) is 12.5. The number of nitrogens with two attached hydrogens (primary N) is 1. The summed E-state index contributed by atoms with van der Waals surface area (Å²) in [6.45, 7) is 1.07. The Labute approximate surface area is 106 Å². The second kappa shape index (κ2) is 5.60. The molecule has 0 amide bonds. The Morgan fingerprint density at radius 2 is 2.11 bits per heavy atom. The van der Waals surface area contributed by atoms with Crippen LogP contribution in [0.1, 0.15) is 11.3 Å². The molecule has 0 unspecified atom stereocenters. The van der Waals surface area contributed by atoms with Gasteiger partial charge < -0.3 is 10.6 Å². The summed E-state index contributed by atoms with van der Waals surface area (Å²) in [4.78, 5) is 6.27. The van der Waals surface area contributed by atoms with Gasteiger partial charge in [-0.3, -0.25) is 4.98 Å². The van der Waals surface area contributed by atoms with Gasteiger partial charge in [-0.05, 0) is 29.8 Å². The molecular weight excluding hydrogens is 229 g/mol. The zero-order chi connectivity index (χ0) is 13.0. The Balaban J connectivity index is 2.18. The van der Waals surface area contributed by atoms with Crippen molar-refractivity contribution in [1.82, 2.24) is 4.98 Å². The molecule has 0 saturated carbocycles. The fraction of sp³-hybridized carbons (Fsp3) is 0.214. The minimum absolute atomic E-state index is 0.237. The van der Waals surface area contributed by atoms with Crippen molar-refractivity contribution in [2.24, 2.45) is 5.73 Å². The lowest BCUT2D eigenvalue weighted by molar-refractivity contribution is 0.627. The average Bonchev–Trinajstić information content (AvgIpc) is 2.39. The highest BCUT2D eigenvalue weighted by molar-refractivity contribution is 5.46. The molecule has 4 heteroatoms. The molecule has 0 fully saturated rings. The number of anilines is 1. The summed E-state index contributed by atoms with van der Waals surface area (Å²) in [5.41, 5.74) is 8.43. The SMILES string of the molecule is CN(Cc1ncccc1CN)c1cccc(F)c1. The van der Waals surface area contributed by atoms with Gasteiger partial charge in [0.25, 0.3) is 0 Å². The molecule has 94 valence electrons. The van der Waals surface area contributed by atoms with E-state index in [1.54, 1.807) is 12.3 Å². The van der Waals surface area contributed by atoms with Crippen molar-refractivity contribution in [1.29, 1.82) is 0 Å². The quantitative estimate of drug-likeness (QED) is 0.898. The zero-order valence-electron chi connectivity index (χ0n) is 10.3. The second-order valence-corrected chi connectivity index (χ2v) is 4.15. The Morgan fingerprint density at radius 1 is 1.28 bits per heavy atom. The topological polar surface area (TPSA) is 42.2 Å². The third-order valence-electron chi connectivity index (χ3n) is 2.84. The molecule has 0 aliphatic carbocycles. The third kappa shape index (κ3) is 2.84. The molecule has 0 saturated heterocycles. The van der Waals surface area contributed by atoms with Crippen LogP contribution in [0.5, 0.6) is 0 Å². The van der Waals surface area contributed by atoms with Crippen LogP contribution >= 0.6 is 0 Å². The van der Waals surface area contributed by atoms with Gasteiger partial charge in [-0.2, -0.15) is 0 Å². The maximum atomic E-state index is 13.1. The highest BCUT2D eigenvalue weighted by atomic mass is 19.1. The first-order chi connectivity index (χ1) is 8.70. The van der Waals surface area contributed by atoms with Crippen LogP contribution in [0.4, 0.5) is 10.1 Å². The van der Waals surface area contributed by atoms with E-state index in [1.165, 1.54) is 12.1 Å².